The third kappa shape index (κ3) is 2.31. The summed E-state index contributed by atoms with van der Waals surface area (Å²) in [6.45, 7) is 3.46. The maximum Gasteiger partial charge on any atom is 0.250 e. The molecule has 0 atom stereocenters. The van der Waals surface area contributed by atoms with Crippen molar-refractivity contribution in [2.24, 2.45) is 0 Å². The number of rotatable bonds is 3. The zero-order valence-corrected chi connectivity index (χ0v) is 8.28. The summed E-state index contributed by atoms with van der Waals surface area (Å²) in [6.07, 6.45) is 1.62. The van der Waals surface area contributed by atoms with Crippen LogP contribution in [0.25, 0.3) is 6.08 Å². The van der Waals surface area contributed by atoms with Crippen LogP contribution in [0.2, 0.25) is 0 Å². The van der Waals surface area contributed by atoms with Gasteiger partial charge in [0, 0.05) is 12.5 Å². The first kappa shape index (κ1) is 10.5. The van der Waals surface area contributed by atoms with Crippen molar-refractivity contribution in [3.8, 4) is 0 Å². The minimum Gasteiger partial charge on any atom is -0.335 e. The fourth-order valence-corrected chi connectivity index (χ4v) is 1.32. The molecule has 1 aromatic carbocycles. The Balaban J connectivity index is 2.22. The predicted octanol–water partition coefficient (Wildman–Crippen LogP) is 2.58. The molecule has 0 bridgehead atoms. The molecule has 0 unspecified atom stereocenters. The molecule has 1 heterocycles. The monoisotopic (exact) mass is 222 g/mol. The van der Waals surface area contributed by atoms with E-state index in [4.69, 9.17) is 4.52 Å². The highest BCUT2D eigenvalue weighted by Gasteiger charge is 2.06. The molecule has 3 nitrogen and oxygen atoms in total. The lowest BCUT2D eigenvalue weighted by atomic mass is 10.1. The Labute approximate surface area is 90.4 Å². The van der Waals surface area contributed by atoms with Gasteiger partial charge in [-0.3, -0.25) is 0 Å². The van der Waals surface area contributed by atoms with E-state index < -0.39 is 11.6 Å². The number of nitrogens with zero attached hydrogens (tertiary/aromatic N) is 2. The highest BCUT2D eigenvalue weighted by molar-refractivity contribution is 5.33. The van der Waals surface area contributed by atoms with Gasteiger partial charge in [-0.05, 0) is 23.8 Å². The molecule has 0 aliphatic heterocycles. The Bertz CT molecular complexity index is 502. The van der Waals surface area contributed by atoms with Crippen LogP contribution in [-0.4, -0.2) is 10.1 Å². The van der Waals surface area contributed by atoms with Crippen molar-refractivity contribution in [3.63, 3.8) is 0 Å². The maximum absolute atomic E-state index is 12.9. The fraction of sp³-hybridized carbons (Fsp3) is 0.0909. The van der Waals surface area contributed by atoms with Gasteiger partial charge >= 0.3 is 0 Å². The summed E-state index contributed by atoms with van der Waals surface area (Å²) in [6, 6.07) is 3.27. The second-order valence-electron chi connectivity index (χ2n) is 3.21. The summed E-state index contributed by atoms with van der Waals surface area (Å²) in [5.41, 5.74) is 0.453. The van der Waals surface area contributed by atoms with Gasteiger partial charge in [0.1, 0.15) is 11.6 Å². The molecule has 5 heteroatoms. The Morgan fingerprint density at radius 2 is 1.94 bits per heavy atom. The lowest BCUT2D eigenvalue weighted by Crippen LogP contribution is -1.93. The van der Waals surface area contributed by atoms with Crippen molar-refractivity contribution in [2.75, 3.05) is 0 Å². The van der Waals surface area contributed by atoms with Crippen LogP contribution < -0.4 is 0 Å². The zero-order chi connectivity index (χ0) is 11.5. The summed E-state index contributed by atoms with van der Waals surface area (Å²) in [5, 5.41) is 3.64. The lowest BCUT2D eigenvalue weighted by Gasteiger charge is -1.97. The summed E-state index contributed by atoms with van der Waals surface area (Å²) in [7, 11) is 0. The average Bonchev–Trinajstić information content (AvgIpc) is 2.64. The van der Waals surface area contributed by atoms with Crippen LogP contribution in [-0.2, 0) is 6.42 Å². The number of benzene rings is 1. The minimum absolute atomic E-state index is 0.214. The van der Waals surface area contributed by atoms with E-state index in [1.165, 1.54) is 18.2 Å². The first-order chi connectivity index (χ1) is 7.67. The molecule has 0 saturated heterocycles. The van der Waals surface area contributed by atoms with Crippen LogP contribution in [0.5, 0.6) is 0 Å². The van der Waals surface area contributed by atoms with Crippen LogP contribution in [0.15, 0.2) is 29.3 Å². The number of hydrogen-bond donors (Lipinski definition) is 0. The van der Waals surface area contributed by atoms with Crippen molar-refractivity contribution in [1.29, 1.82) is 0 Å². The van der Waals surface area contributed by atoms with Crippen molar-refractivity contribution in [1.82, 2.24) is 10.1 Å². The van der Waals surface area contributed by atoms with E-state index in [9.17, 15) is 8.78 Å². The Morgan fingerprint density at radius 3 is 2.50 bits per heavy atom. The predicted molar refractivity (Wildman–Crippen MR) is 53.6 cm³/mol. The largest absolute Gasteiger partial charge is 0.335 e. The Kier molecular flexibility index (Phi) is 2.76. The van der Waals surface area contributed by atoms with Crippen molar-refractivity contribution < 1.29 is 13.3 Å². The van der Waals surface area contributed by atoms with Gasteiger partial charge in [0.15, 0.2) is 5.82 Å². The van der Waals surface area contributed by atoms with Gasteiger partial charge in [-0.1, -0.05) is 11.7 Å². The molecule has 0 aliphatic carbocycles. The van der Waals surface area contributed by atoms with E-state index >= 15 is 0 Å². The van der Waals surface area contributed by atoms with Crippen LogP contribution in [0, 0.1) is 11.6 Å². The Morgan fingerprint density at radius 1 is 1.25 bits per heavy atom. The molecule has 0 saturated carbocycles. The first-order valence-corrected chi connectivity index (χ1v) is 4.57. The smallest absolute Gasteiger partial charge is 0.250 e. The third-order valence-electron chi connectivity index (χ3n) is 1.94. The topological polar surface area (TPSA) is 38.9 Å². The lowest BCUT2D eigenvalue weighted by molar-refractivity contribution is 0.404. The number of hydrogen-bond acceptors (Lipinski definition) is 3. The SMILES string of the molecule is C=Cc1nc(Cc2cc(F)cc(F)c2)no1. The van der Waals surface area contributed by atoms with E-state index in [0.29, 0.717) is 11.4 Å². The minimum atomic E-state index is -0.623. The quantitative estimate of drug-likeness (QED) is 0.801. The van der Waals surface area contributed by atoms with Crippen LogP contribution >= 0.6 is 0 Å². The molecule has 0 aliphatic rings. The van der Waals surface area contributed by atoms with Gasteiger partial charge in [0.25, 0.3) is 0 Å². The van der Waals surface area contributed by atoms with Crippen molar-refractivity contribution in [3.05, 3.63) is 53.7 Å². The second kappa shape index (κ2) is 4.22. The molecular formula is C11H8F2N2O. The summed E-state index contributed by atoms with van der Waals surface area (Å²) in [4.78, 5) is 3.94. The van der Waals surface area contributed by atoms with Gasteiger partial charge in [-0.2, -0.15) is 4.98 Å². The first-order valence-electron chi connectivity index (χ1n) is 4.57. The average molecular weight is 222 g/mol. The number of halogens is 2. The molecule has 0 radical (unpaired) electrons. The molecule has 16 heavy (non-hydrogen) atoms. The fourth-order valence-electron chi connectivity index (χ4n) is 1.32. The highest BCUT2D eigenvalue weighted by Crippen LogP contribution is 2.11. The summed E-state index contributed by atoms with van der Waals surface area (Å²) in [5.74, 6) is -0.600. The molecule has 0 N–H and O–H groups in total. The normalized spacial score (nSPS) is 10.4. The molecule has 0 spiro atoms. The van der Waals surface area contributed by atoms with E-state index in [-0.39, 0.29) is 12.3 Å². The third-order valence-corrected chi connectivity index (χ3v) is 1.94. The van der Waals surface area contributed by atoms with Crippen LogP contribution in [0.3, 0.4) is 0 Å². The molecule has 0 amide bonds. The zero-order valence-electron chi connectivity index (χ0n) is 8.28. The molecule has 82 valence electrons. The van der Waals surface area contributed by atoms with E-state index in [1.807, 2.05) is 0 Å². The van der Waals surface area contributed by atoms with Gasteiger partial charge in [0.05, 0.1) is 0 Å². The van der Waals surface area contributed by atoms with E-state index in [2.05, 4.69) is 16.7 Å². The van der Waals surface area contributed by atoms with Crippen molar-refractivity contribution in [2.45, 2.75) is 6.42 Å². The van der Waals surface area contributed by atoms with Gasteiger partial charge in [-0.15, -0.1) is 0 Å². The summed E-state index contributed by atoms with van der Waals surface area (Å²) < 4.78 is 30.5. The van der Waals surface area contributed by atoms with Gasteiger partial charge in [-0.25, -0.2) is 8.78 Å². The number of aromatic nitrogens is 2. The molecule has 2 rings (SSSR count). The molecule has 1 aromatic heterocycles. The van der Waals surface area contributed by atoms with Gasteiger partial charge < -0.3 is 4.52 Å². The molecule has 0 fully saturated rings. The molecular weight excluding hydrogens is 214 g/mol. The van der Waals surface area contributed by atoms with Gasteiger partial charge in [0.2, 0.25) is 5.89 Å². The maximum atomic E-state index is 12.9. The standard InChI is InChI=1S/C11H8F2N2O/c1-2-11-14-10(15-16-11)5-7-3-8(12)6-9(13)4-7/h2-4,6H,1,5H2. The van der Waals surface area contributed by atoms with Crippen LogP contribution in [0.4, 0.5) is 8.78 Å². The van der Waals surface area contributed by atoms with E-state index in [1.54, 1.807) is 0 Å². The molecule has 2 aromatic rings. The van der Waals surface area contributed by atoms with Crippen LogP contribution in [0.1, 0.15) is 17.3 Å². The Hall–Kier alpha value is -2.04. The summed E-state index contributed by atoms with van der Waals surface area (Å²) >= 11 is 0. The van der Waals surface area contributed by atoms with Crippen molar-refractivity contribution >= 4 is 6.08 Å². The highest BCUT2D eigenvalue weighted by atomic mass is 19.1. The second-order valence-corrected chi connectivity index (χ2v) is 3.21. The van der Waals surface area contributed by atoms with E-state index in [0.717, 1.165) is 6.07 Å².